The maximum atomic E-state index is 5.80. The third kappa shape index (κ3) is 3.34. The molecule has 4 nitrogen and oxygen atoms in total. The van der Waals surface area contributed by atoms with Crippen LogP contribution in [-0.4, -0.2) is 17.1 Å². The van der Waals surface area contributed by atoms with E-state index in [-0.39, 0.29) is 6.01 Å². The molecular formula is C12H10BrClN2O2. The molecule has 0 aliphatic carbocycles. The summed E-state index contributed by atoms with van der Waals surface area (Å²) in [6.07, 6.45) is 1.59. The molecule has 6 heteroatoms. The molecular weight excluding hydrogens is 320 g/mol. The quantitative estimate of drug-likeness (QED) is 0.861. The molecule has 94 valence electrons. The number of benzene rings is 1. The van der Waals surface area contributed by atoms with E-state index in [1.807, 2.05) is 24.3 Å². The zero-order valence-electron chi connectivity index (χ0n) is 9.56. The lowest BCUT2D eigenvalue weighted by atomic mass is 10.2. The summed E-state index contributed by atoms with van der Waals surface area (Å²) in [6, 6.07) is 7.66. The molecule has 1 aromatic heterocycles. The van der Waals surface area contributed by atoms with E-state index in [0.29, 0.717) is 22.0 Å². The van der Waals surface area contributed by atoms with Crippen molar-refractivity contribution in [2.24, 2.45) is 0 Å². The molecule has 1 heterocycles. The molecule has 0 atom stereocenters. The van der Waals surface area contributed by atoms with E-state index < -0.39 is 0 Å². The average molecular weight is 330 g/mol. The van der Waals surface area contributed by atoms with Crippen LogP contribution in [0.4, 0.5) is 0 Å². The SMILES string of the molecule is COc1nc(OCc2ccc(Cl)cc2)ncc1Br. The Labute approximate surface area is 118 Å². The number of methoxy groups -OCH3 is 1. The summed E-state index contributed by atoms with van der Waals surface area (Å²) < 4.78 is 11.2. The van der Waals surface area contributed by atoms with Gasteiger partial charge < -0.3 is 9.47 Å². The number of hydrogen-bond acceptors (Lipinski definition) is 4. The van der Waals surface area contributed by atoms with Crippen LogP contribution in [0, 0.1) is 0 Å². The second-order valence-electron chi connectivity index (χ2n) is 3.42. The lowest BCUT2D eigenvalue weighted by Gasteiger charge is -2.06. The van der Waals surface area contributed by atoms with Gasteiger partial charge in [0, 0.05) is 5.02 Å². The number of halogens is 2. The summed E-state index contributed by atoms with van der Waals surface area (Å²) in [5.41, 5.74) is 0.991. The lowest BCUT2D eigenvalue weighted by Crippen LogP contribution is -2.00. The van der Waals surface area contributed by atoms with Crippen molar-refractivity contribution in [3.05, 3.63) is 45.5 Å². The second kappa shape index (κ2) is 6.02. The van der Waals surface area contributed by atoms with Crippen molar-refractivity contribution >= 4 is 27.5 Å². The minimum absolute atomic E-state index is 0.269. The van der Waals surface area contributed by atoms with Crippen LogP contribution in [-0.2, 0) is 6.61 Å². The molecule has 0 unspecified atom stereocenters. The van der Waals surface area contributed by atoms with Crippen molar-refractivity contribution in [1.29, 1.82) is 0 Å². The van der Waals surface area contributed by atoms with Crippen molar-refractivity contribution in [2.45, 2.75) is 6.61 Å². The smallest absolute Gasteiger partial charge is 0.320 e. The standard InChI is InChI=1S/C12H10BrClN2O2/c1-17-11-10(13)6-15-12(16-11)18-7-8-2-4-9(14)5-3-8/h2-6H,7H2,1H3. The maximum absolute atomic E-state index is 5.80. The number of nitrogens with zero attached hydrogens (tertiary/aromatic N) is 2. The number of ether oxygens (including phenoxy) is 2. The topological polar surface area (TPSA) is 44.2 Å². The highest BCUT2D eigenvalue weighted by molar-refractivity contribution is 9.10. The molecule has 2 aromatic rings. The van der Waals surface area contributed by atoms with Gasteiger partial charge in [0.15, 0.2) is 0 Å². The van der Waals surface area contributed by atoms with Crippen LogP contribution in [0.1, 0.15) is 5.56 Å². The van der Waals surface area contributed by atoms with Gasteiger partial charge in [-0.15, -0.1) is 0 Å². The first kappa shape index (κ1) is 13.1. The summed E-state index contributed by atoms with van der Waals surface area (Å²) in [4.78, 5) is 8.13. The van der Waals surface area contributed by atoms with Gasteiger partial charge in [0.25, 0.3) is 0 Å². The zero-order valence-corrected chi connectivity index (χ0v) is 11.9. The number of rotatable bonds is 4. The van der Waals surface area contributed by atoms with Crippen molar-refractivity contribution in [1.82, 2.24) is 9.97 Å². The Morgan fingerprint density at radius 1 is 1.28 bits per heavy atom. The molecule has 0 fully saturated rings. The van der Waals surface area contributed by atoms with E-state index in [2.05, 4.69) is 25.9 Å². The van der Waals surface area contributed by atoms with E-state index in [0.717, 1.165) is 5.56 Å². The van der Waals surface area contributed by atoms with Gasteiger partial charge in [-0.05, 0) is 33.6 Å². The summed E-state index contributed by atoms with van der Waals surface area (Å²) in [5, 5.41) is 0.695. The summed E-state index contributed by atoms with van der Waals surface area (Å²) in [5.74, 6) is 0.441. The van der Waals surface area contributed by atoms with Gasteiger partial charge in [0.05, 0.1) is 17.8 Å². The number of hydrogen-bond donors (Lipinski definition) is 0. The third-order valence-electron chi connectivity index (χ3n) is 2.16. The largest absolute Gasteiger partial charge is 0.480 e. The Morgan fingerprint density at radius 3 is 2.67 bits per heavy atom. The van der Waals surface area contributed by atoms with Crippen molar-refractivity contribution < 1.29 is 9.47 Å². The highest BCUT2D eigenvalue weighted by Crippen LogP contribution is 2.23. The molecule has 0 amide bonds. The molecule has 18 heavy (non-hydrogen) atoms. The summed E-state index contributed by atoms with van der Waals surface area (Å²) >= 11 is 9.07. The first-order chi connectivity index (χ1) is 8.69. The molecule has 0 radical (unpaired) electrons. The average Bonchev–Trinajstić information content (AvgIpc) is 2.39. The molecule has 1 aromatic carbocycles. The van der Waals surface area contributed by atoms with Gasteiger partial charge >= 0.3 is 6.01 Å². The van der Waals surface area contributed by atoms with Crippen LogP contribution in [0.3, 0.4) is 0 Å². The van der Waals surface area contributed by atoms with Crippen molar-refractivity contribution in [3.8, 4) is 11.9 Å². The predicted molar refractivity (Wildman–Crippen MR) is 72.1 cm³/mol. The van der Waals surface area contributed by atoms with Crippen molar-refractivity contribution in [2.75, 3.05) is 7.11 Å². The van der Waals surface area contributed by atoms with E-state index >= 15 is 0 Å². The predicted octanol–water partition coefficient (Wildman–Crippen LogP) is 3.48. The first-order valence-electron chi connectivity index (χ1n) is 5.13. The van der Waals surface area contributed by atoms with Crippen LogP contribution >= 0.6 is 27.5 Å². The van der Waals surface area contributed by atoms with Gasteiger partial charge in [-0.1, -0.05) is 23.7 Å². The monoisotopic (exact) mass is 328 g/mol. The van der Waals surface area contributed by atoms with E-state index in [4.69, 9.17) is 21.1 Å². The molecule has 0 N–H and O–H groups in total. The Bertz CT molecular complexity index is 534. The highest BCUT2D eigenvalue weighted by Gasteiger charge is 2.06. The molecule has 0 saturated carbocycles. The Kier molecular flexibility index (Phi) is 4.38. The lowest BCUT2D eigenvalue weighted by molar-refractivity contribution is 0.273. The minimum Gasteiger partial charge on any atom is -0.480 e. The van der Waals surface area contributed by atoms with Gasteiger partial charge in [-0.2, -0.15) is 4.98 Å². The Balaban J connectivity index is 2.04. The normalized spacial score (nSPS) is 10.2. The number of aromatic nitrogens is 2. The Hall–Kier alpha value is -1.33. The van der Waals surface area contributed by atoms with Crippen LogP contribution in [0.5, 0.6) is 11.9 Å². The maximum Gasteiger partial charge on any atom is 0.320 e. The zero-order chi connectivity index (χ0) is 13.0. The molecule has 2 rings (SSSR count). The van der Waals surface area contributed by atoms with Gasteiger partial charge in [0.2, 0.25) is 5.88 Å². The van der Waals surface area contributed by atoms with Crippen molar-refractivity contribution in [3.63, 3.8) is 0 Å². The molecule has 0 aliphatic heterocycles. The summed E-state index contributed by atoms with van der Waals surface area (Å²) in [6.45, 7) is 0.377. The second-order valence-corrected chi connectivity index (χ2v) is 4.72. The van der Waals surface area contributed by atoms with E-state index in [1.165, 1.54) is 7.11 Å². The van der Waals surface area contributed by atoms with Crippen LogP contribution in [0.25, 0.3) is 0 Å². The van der Waals surface area contributed by atoms with Crippen LogP contribution in [0.2, 0.25) is 5.02 Å². The fourth-order valence-corrected chi connectivity index (χ4v) is 1.76. The van der Waals surface area contributed by atoms with E-state index in [9.17, 15) is 0 Å². The Morgan fingerprint density at radius 2 is 2.00 bits per heavy atom. The minimum atomic E-state index is 0.269. The molecule has 0 aliphatic rings. The molecule has 0 saturated heterocycles. The highest BCUT2D eigenvalue weighted by atomic mass is 79.9. The fraction of sp³-hybridized carbons (Fsp3) is 0.167. The van der Waals surface area contributed by atoms with Gasteiger partial charge in [0.1, 0.15) is 6.61 Å². The van der Waals surface area contributed by atoms with Gasteiger partial charge in [-0.3, -0.25) is 0 Å². The molecule has 0 spiro atoms. The fourth-order valence-electron chi connectivity index (χ4n) is 1.28. The third-order valence-corrected chi connectivity index (χ3v) is 2.96. The van der Waals surface area contributed by atoms with Crippen LogP contribution in [0.15, 0.2) is 34.9 Å². The first-order valence-corrected chi connectivity index (χ1v) is 6.30. The van der Waals surface area contributed by atoms with E-state index in [1.54, 1.807) is 6.20 Å². The summed E-state index contributed by atoms with van der Waals surface area (Å²) in [7, 11) is 1.54. The van der Waals surface area contributed by atoms with Crippen LogP contribution < -0.4 is 9.47 Å². The van der Waals surface area contributed by atoms with Gasteiger partial charge in [-0.25, -0.2) is 4.98 Å². The molecule has 0 bridgehead atoms.